The van der Waals surface area contributed by atoms with Crippen LogP contribution in [0.15, 0.2) is 48.5 Å². The zero-order valence-electron chi connectivity index (χ0n) is 16.7. The number of likely N-dealkylation sites (tertiary alicyclic amines) is 1. The number of nitrogens with zero attached hydrogens (tertiary/aromatic N) is 1. The van der Waals surface area contributed by atoms with Gasteiger partial charge in [0.05, 0.1) is 0 Å². The highest BCUT2D eigenvalue weighted by Crippen LogP contribution is 2.16. The maximum absolute atomic E-state index is 12.4. The van der Waals surface area contributed by atoms with Gasteiger partial charge in [-0.25, -0.2) is 0 Å². The van der Waals surface area contributed by atoms with E-state index in [1.165, 1.54) is 5.56 Å². The third-order valence-electron chi connectivity index (χ3n) is 5.09. The molecule has 0 spiro atoms. The molecule has 1 aliphatic rings. The van der Waals surface area contributed by atoms with Gasteiger partial charge in [0, 0.05) is 29.7 Å². The van der Waals surface area contributed by atoms with Crippen molar-refractivity contribution in [3.63, 3.8) is 0 Å². The van der Waals surface area contributed by atoms with E-state index in [0.717, 1.165) is 25.7 Å². The summed E-state index contributed by atoms with van der Waals surface area (Å²) >= 11 is 5.95. The average Bonchev–Trinajstić information content (AvgIpc) is 2.74. The molecule has 2 aromatic rings. The Morgan fingerprint density at radius 1 is 1.14 bits per heavy atom. The fourth-order valence-electron chi connectivity index (χ4n) is 3.45. The molecule has 0 aromatic heterocycles. The van der Waals surface area contributed by atoms with E-state index in [2.05, 4.69) is 12.2 Å². The monoisotopic (exact) mass is 414 g/mol. The number of rotatable bonds is 7. The van der Waals surface area contributed by atoms with Gasteiger partial charge in [0.25, 0.3) is 11.8 Å². The number of hydrogen-bond acceptors (Lipinski definition) is 3. The van der Waals surface area contributed by atoms with E-state index >= 15 is 0 Å². The van der Waals surface area contributed by atoms with Crippen LogP contribution >= 0.6 is 11.6 Å². The molecule has 0 aliphatic carbocycles. The molecular weight excluding hydrogens is 388 g/mol. The van der Waals surface area contributed by atoms with E-state index in [1.54, 1.807) is 29.2 Å². The summed E-state index contributed by atoms with van der Waals surface area (Å²) in [5.74, 6) is 0.552. The zero-order chi connectivity index (χ0) is 20.6. The van der Waals surface area contributed by atoms with Crippen molar-refractivity contribution < 1.29 is 14.3 Å². The van der Waals surface area contributed by atoms with Gasteiger partial charge in [0.15, 0.2) is 6.61 Å². The molecule has 1 saturated heterocycles. The molecule has 0 saturated carbocycles. The van der Waals surface area contributed by atoms with Crippen LogP contribution in [0.2, 0.25) is 5.02 Å². The first-order valence-corrected chi connectivity index (χ1v) is 10.5. The molecule has 1 heterocycles. The summed E-state index contributed by atoms with van der Waals surface area (Å²) < 4.78 is 5.64. The summed E-state index contributed by atoms with van der Waals surface area (Å²) in [6.07, 6.45) is 3.60. The standard InChI is InChI=1S/C23H27ClN2O3/c1-2-4-17-7-9-21(10-8-17)29-16-22(27)26-13-11-20(12-14-26)25-23(28)18-5-3-6-19(24)15-18/h3,5-10,15,20H,2,4,11-14,16H2,1H3,(H,25,28). The van der Waals surface area contributed by atoms with Crippen LogP contribution in [-0.2, 0) is 11.2 Å². The zero-order valence-corrected chi connectivity index (χ0v) is 17.5. The van der Waals surface area contributed by atoms with Crippen LogP contribution in [0.4, 0.5) is 0 Å². The van der Waals surface area contributed by atoms with Gasteiger partial charge in [-0.15, -0.1) is 0 Å². The number of hydrogen-bond donors (Lipinski definition) is 1. The molecule has 1 fully saturated rings. The molecule has 2 amide bonds. The maximum atomic E-state index is 12.4. The number of carbonyl (C=O) groups is 2. The second-order valence-electron chi connectivity index (χ2n) is 7.32. The van der Waals surface area contributed by atoms with Crippen molar-refractivity contribution in [1.29, 1.82) is 0 Å². The second-order valence-corrected chi connectivity index (χ2v) is 7.76. The summed E-state index contributed by atoms with van der Waals surface area (Å²) in [4.78, 5) is 26.6. The predicted octanol–water partition coefficient (Wildman–Crippen LogP) is 4.09. The Hall–Kier alpha value is -2.53. The minimum atomic E-state index is -0.132. The van der Waals surface area contributed by atoms with E-state index in [9.17, 15) is 9.59 Å². The Labute approximate surface area is 177 Å². The lowest BCUT2D eigenvalue weighted by Gasteiger charge is -2.32. The van der Waals surface area contributed by atoms with Crippen molar-refractivity contribution in [2.24, 2.45) is 0 Å². The first-order chi connectivity index (χ1) is 14.0. The summed E-state index contributed by atoms with van der Waals surface area (Å²) in [7, 11) is 0. The highest BCUT2D eigenvalue weighted by Gasteiger charge is 2.24. The molecule has 1 N–H and O–H groups in total. The molecule has 29 heavy (non-hydrogen) atoms. The first kappa shape index (κ1) is 21.2. The van der Waals surface area contributed by atoms with E-state index in [1.807, 2.05) is 24.3 Å². The fraction of sp³-hybridized carbons (Fsp3) is 0.391. The van der Waals surface area contributed by atoms with Crippen molar-refractivity contribution in [2.45, 2.75) is 38.6 Å². The van der Waals surface area contributed by atoms with Gasteiger partial charge >= 0.3 is 0 Å². The van der Waals surface area contributed by atoms with Crippen LogP contribution in [0.5, 0.6) is 5.75 Å². The number of piperidine rings is 1. The normalized spacial score (nSPS) is 14.5. The number of aryl methyl sites for hydroxylation is 1. The molecule has 154 valence electrons. The molecule has 3 rings (SSSR count). The largest absolute Gasteiger partial charge is 0.484 e. The third-order valence-corrected chi connectivity index (χ3v) is 5.33. The molecule has 0 bridgehead atoms. The van der Waals surface area contributed by atoms with Crippen LogP contribution in [-0.4, -0.2) is 42.5 Å². The molecule has 6 heteroatoms. The van der Waals surface area contributed by atoms with Gasteiger partial charge < -0.3 is 15.0 Å². The van der Waals surface area contributed by atoms with E-state index in [-0.39, 0.29) is 24.5 Å². The second kappa shape index (κ2) is 10.3. The van der Waals surface area contributed by atoms with Gasteiger partial charge in [0.1, 0.15) is 5.75 Å². The van der Waals surface area contributed by atoms with Crippen LogP contribution in [0.3, 0.4) is 0 Å². The molecule has 1 aliphatic heterocycles. The van der Waals surface area contributed by atoms with Crippen LogP contribution < -0.4 is 10.1 Å². The summed E-state index contributed by atoms with van der Waals surface area (Å²) in [6.45, 7) is 3.40. The summed E-state index contributed by atoms with van der Waals surface area (Å²) in [5, 5.41) is 3.57. The number of nitrogens with one attached hydrogen (secondary N) is 1. The van der Waals surface area contributed by atoms with Crippen molar-refractivity contribution in [2.75, 3.05) is 19.7 Å². The smallest absolute Gasteiger partial charge is 0.260 e. The molecule has 0 unspecified atom stereocenters. The lowest BCUT2D eigenvalue weighted by molar-refractivity contribution is -0.134. The summed E-state index contributed by atoms with van der Waals surface area (Å²) in [6, 6.07) is 14.9. The van der Waals surface area contributed by atoms with Crippen molar-refractivity contribution in [3.8, 4) is 5.75 Å². The molecular formula is C23H27ClN2O3. The maximum Gasteiger partial charge on any atom is 0.260 e. The Balaban J connectivity index is 1.41. The van der Waals surface area contributed by atoms with E-state index in [0.29, 0.717) is 29.4 Å². The number of halogens is 1. The quantitative estimate of drug-likeness (QED) is 0.742. The van der Waals surface area contributed by atoms with Gasteiger partial charge in [-0.2, -0.15) is 0 Å². The molecule has 0 atom stereocenters. The Morgan fingerprint density at radius 2 is 1.86 bits per heavy atom. The molecule has 2 aromatic carbocycles. The minimum Gasteiger partial charge on any atom is -0.484 e. The lowest BCUT2D eigenvalue weighted by Crippen LogP contribution is -2.47. The highest BCUT2D eigenvalue weighted by molar-refractivity contribution is 6.30. The summed E-state index contributed by atoms with van der Waals surface area (Å²) in [5.41, 5.74) is 1.82. The number of carbonyl (C=O) groups excluding carboxylic acids is 2. The minimum absolute atomic E-state index is 0.0257. The SMILES string of the molecule is CCCc1ccc(OCC(=O)N2CCC(NC(=O)c3cccc(Cl)c3)CC2)cc1. The van der Waals surface area contributed by atoms with Gasteiger partial charge in [-0.05, 0) is 55.2 Å². The number of benzene rings is 2. The van der Waals surface area contributed by atoms with Gasteiger partial charge in [0.2, 0.25) is 0 Å². The number of amides is 2. The Morgan fingerprint density at radius 3 is 2.52 bits per heavy atom. The topological polar surface area (TPSA) is 58.6 Å². The Kier molecular flexibility index (Phi) is 7.53. The van der Waals surface area contributed by atoms with Crippen molar-refractivity contribution >= 4 is 23.4 Å². The first-order valence-electron chi connectivity index (χ1n) is 10.1. The van der Waals surface area contributed by atoms with Crippen molar-refractivity contribution in [1.82, 2.24) is 10.2 Å². The van der Waals surface area contributed by atoms with E-state index in [4.69, 9.17) is 16.3 Å². The predicted molar refractivity (Wildman–Crippen MR) is 114 cm³/mol. The van der Waals surface area contributed by atoms with Gasteiger partial charge in [-0.1, -0.05) is 43.1 Å². The highest BCUT2D eigenvalue weighted by atomic mass is 35.5. The third kappa shape index (κ3) is 6.23. The molecule has 5 nitrogen and oxygen atoms in total. The number of ether oxygens (including phenoxy) is 1. The van der Waals surface area contributed by atoms with Crippen molar-refractivity contribution in [3.05, 3.63) is 64.7 Å². The van der Waals surface area contributed by atoms with Crippen LogP contribution in [0.1, 0.15) is 42.1 Å². The molecule has 0 radical (unpaired) electrons. The van der Waals surface area contributed by atoms with Crippen LogP contribution in [0.25, 0.3) is 0 Å². The van der Waals surface area contributed by atoms with E-state index < -0.39 is 0 Å². The van der Waals surface area contributed by atoms with Gasteiger partial charge in [-0.3, -0.25) is 9.59 Å². The van der Waals surface area contributed by atoms with Crippen LogP contribution in [0, 0.1) is 0 Å². The lowest BCUT2D eigenvalue weighted by atomic mass is 10.0. The average molecular weight is 415 g/mol. The fourth-order valence-corrected chi connectivity index (χ4v) is 3.64. The Bertz CT molecular complexity index is 830.